The molecular weight excluding hydrogens is 222 g/mol. The zero-order chi connectivity index (χ0) is 11.4. The number of rotatable bonds is 2. The van der Waals surface area contributed by atoms with E-state index < -0.39 is 6.03 Å². The molecule has 0 aliphatic carbocycles. The third-order valence-corrected chi connectivity index (χ3v) is 3.67. The van der Waals surface area contributed by atoms with Crippen molar-refractivity contribution in [1.29, 1.82) is 0 Å². The van der Waals surface area contributed by atoms with Crippen molar-refractivity contribution in [1.82, 2.24) is 5.32 Å². The lowest BCUT2D eigenvalue weighted by Crippen LogP contribution is -2.49. The highest BCUT2D eigenvalue weighted by atomic mass is 32.2. The number of nitrogens with zero attached hydrogens (tertiary/aromatic N) is 1. The van der Waals surface area contributed by atoms with Gasteiger partial charge in [-0.3, -0.25) is 4.90 Å². The van der Waals surface area contributed by atoms with Crippen LogP contribution < -0.4 is 16.0 Å². The molecule has 1 aliphatic rings. The topological polar surface area (TPSA) is 58.4 Å². The first-order valence-corrected chi connectivity index (χ1v) is 6.30. The van der Waals surface area contributed by atoms with Gasteiger partial charge in [-0.05, 0) is 12.1 Å². The van der Waals surface area contributed by atoms with Crippen LogP contribution in [0.5, 0.6) is 0 Å². The molecule has 86 valence electrons. The van der Waals surface area contributed by atoms with Crippen molar-refractivity contribution < 1.29 is 4.79 Å². The van der Waals surface area contributed by atoms with Gasteiger partial charge in [0, 0.05) is 24.5 Å². The summed E-state index contributed by atoms with van der Waals surface area (Å²) in [5.74, 6) is 1.00. The number of urea groups is 1. The molecule has 1 heterocycles. The molecule has 1 atom stereocenters. The number of anilines is 1. The summed E-state index contributed by atoms with van der Waals surface area (Å²) >= 11 is 1.76. The number of benzene rings is 1. The number of amides is 2. The molecule has 0 radical (unpaired) electrons. The van der Waals surface area contributed by atoms with E-state index in [1.54, 1.807) is 16.7 Å². The summed E-state index contributed by atoms with van der Waals surface area (Å²) in [4.78, 5) is 13.2. The van der Waals surface area contributed by atoms with Gasteiger partial charge in [0.15, 0.2) is 0 Å². The first-order chi connectivity index (χ1) is 7.79. The Labute approximate surface area is 99.2 Å². The molecule has 3 N–H and O–H groups in total. The maximum absolute atomic E-state index is 11.5. The van der Waals surface area contributed by atoms with Crippen LogP contribution in [0.15, 0.2) is 30.3 Å². The van der Waals surface area contributed by atoms with Crippen LogP contribution in [0.2, 0.25) is 0 Å². The Kier molecular flexibility index (Phi) is 3.69. The molecule has 2 rings (SSSR count). The number of thioether (sulfide) groups is 1. The van der Waals surface area contributed by atoms with Gasteiger partial charge >= 0.3 is 6.03 Å². The highest BCUT2D eigenvalue weighted by Crippen LogP contribution is 2.24. The zero-order valence-corrected chi connectivity index (χ0v) is 9.74. The Morgan fingerprint density at radius 2 is 2.19 bits per heavy atom. The normalized spacial score (nSPS) is 20.4. The molecule has 16 heavy (non-hydrogen) atoms. The van der Waals surface area contributed by atoms with Crippen LogP contribution in [0.4, 0.5) is 10.5 Å². The SMILES string of the molecule is NC(=O)N(c1ccccc1)C1CNCCS1. The van der Waals surface area contributed by atoms with Crippen molar-refractivity contribution in [3.05, 3.63) is 30.3 Å². The lowest BCUT2D eigenvalue weighted by atomic mass is 10.3. The van der Waals surface area contributed by atoms with Crippen molar-refractivity contribution >= 4 is 23.5 Å². The maximum Gasteiger partial charge on any atom is 0.320 e. The average Bonchev–Trinajstić information content (AvgIpc) is 2.31. The average molecular weight is 237 g/mol. The second kappa shape index (κ2) is 5.23. The van der Waals surface area contributed by atoms with E-state index in [2.05, 4.69) is 5.32 Å². The Hall–Kier alpha value is -1.20. The van der Waals surface area contributed by atoms with Gasteiger partial charge in [0.1, 0.15) is 0 Å². The summed E-state index contributed by atoms with van der Waals surface area (Å²) in [7, 11) is 0. The fourth-order valence-electron chi connectivity index (χ4n) is 1.74. The number of nitrogens with two attached hydrogens (primary N) is 1. The molecule has 0 bridgehead atoms. The van der Waals surface area contributed by atoms with E-state index in [4.69, 9.17) is 5.73 Å². The molecular formula is C11H15N3OS. The predicted molar refractivity (Wildman–Crippen MR) is 67.6 cm³/mol. The van der Waals surface area contributed by atoms with Crippen LogP contribution in [0.3, 0.4) is 0 Å². The van der Waals surface area contributed by atoms with Crippen molar-refractivity contribution in [2.45, 2.75) is 5.37 Å². The molecule has 1 aromatic carbocycles. The van der Waals surface area contributed by atoms with E-state index in [0.717, 1.165) is 24.5 Å². The van der Waals surface area contributed by atoms with Crippen LogP contribution in [0.1, 0.15) is 0 Å². The summed E-state index contributed by atoms with van der Waals surface area (Å²) in [5, 5.41) is 3.36. The fourth-order valence-corrected chi connectivity index (χ4v) is 2.89. The molecule has 0 spiro atoms. The lowest BCUT2D eigenvalue weighted by Gasteiger charge is -2.32. The first kappa shape index (κ1) is 11.3. The Morgan fingerprint density at radius 1 is 1.44 bits per heavy atom. The van der Waals surface area contributed by atoms with E-state index in [9.17, 15) is 4.79 Å². The van der Waals surface area contributed by atoms with Gasteiger partial charge in [-0.15, -0.1) is 11.8 Å². The number of para-hydroxylation sites is 1. The Bertz CT molecular complexity index is 352. The largest absolute Gasteiger partial charge is 0.351 e. The van der Waals surface area contributed by atoms with Gasteiger partial charge in [0.05, 0.1) is 5.37 Å². The highest BCUT2D eigenvalue weighted by molar-refractivity contribution is 8.00. The van der Waals surface area contributed by atoms with Gasteiger partial charge in [0.25, 0.3) is 0 Å². The van der Waals surface area contributed by atoms with Crippen LogP contribution in [0.25, 0.3) is 0 Å². The van der Waals surface area contributed by atoms with E-state index >= 15 is 0 Å². The minimum absolute atomic E-state index is 0.0913. The Balaban J connectivity index is 2.20. The zero-order valence-electron chi connectivity index (χ0n) is 8.93. The summed E-state index contributed by atoms with van der Waals surface area (Å²) in [5.41, 5.74) is 6.30. The highest BCUT2D eigenvalue weighted by Gasteiger charge is 2.25. The van der Waals surface area contributed by atoms with Crippen molar-refractivity contribution in [3.63, 3.8) is 0 Å². The van der Waals surface area contributed by atoms with Crippen molar-refractivity contribution in [2.75, 3.05) is 23.7 Å². The molecule has 0 saturated carbocycles. The molecule has 1 unspecified atom stereocenters. The molecule has 1 aliphatic heterocycles. The maximum atomic E-state index is 11.5. The van der Waals surface area contributed by atoms with Crippen molar-refractivity contribution in [2.24, 2.45) is 5.73 Å². The van der Waals surface area contributed by atoms with Gasteiger partial charge in [-0.1, -0.05) is 18.2 Å². The second-order valence-corrected chi connectivity index (χ2v) is 4.86. The summed E-state index contributed by atoms with van der Waals surface area (Å²) in [6.45, 7) is 1.77. The number of primary amides is 1. The molecule has 1 fully saturated rings. The molecule has 2 amide bonds. The van der Waals surface area contributed by atoms with Crippen LogP contribution in [-0.4, -0.2) is 30.2 Å². The summed E-state index contributed by atoms with van der Waals surface area (Å²) < 4.78 is 0. The monoisotopic (exact) mass is 237 g/mol. The van der Waals surface area contributed by atoms with Gasteiger partial charge in [-0.25, -0.2) is 4.79 Å². The Morgan fingerprint density at radius 3 is 2.75 bits per heavy atom. The molecule has 0 aromatic heterocycles. The number of hydrogen-bond donors (Lipinski definition) is 2. The van der Waals surface area contributed by atoms with Gasteiger partial charge < -0.3 is 11.1 Å². The number of hydrogen-bond acceptors (Lipinski definition) is 3. The van der Waals surface area contributed by atoms with Gasteiger partial charge in [0.2, 0.25) is 0 Å². The van der Waals surface area contributed by atoms with Crippen LogP contribution >= 0.6 is 11.8 Å². The van der Waals surface area contributed by atoms with E-state index in [-0.39, 0.29) is 5.37 Å². The lowest BCUT2D eigenvalue weighted by molar-refractivity contribution is 0.253. The molecule has 1 aromatic rings. The number of carbonyl (C=O) groups excluding carboxylic acids is 1. The minimum Gasteiger partial charge on any atom is -0.351 e. The third-order valence-electron chi connectivity index (χ3n) is 2.47. The smallest absolute Gasteiger partial charge is 0.320 e. The van der Waals surface area contributed by atoms with Crippen molar-refractivity contribution in [3.8, 4) is 0 Å². The minimum atomic E-state index is -0.396. The summed E-state index contributed by atoms with van der Waals surface area (Å²) in [6, 6.07) is 9.15. The first-order valence-electron chi connectivity index (χ1n) is 5.25. The number of carbonyl (C=O) groups is 1. The van der Waals surface area contributed by atoms with E-state index in [0.29, 0.717) is 0 Å². The van der Waals surface area contributed by atoms with Gasteiger partial charge in [-0.2, -0.15) is 0 Å². The second-order valence-electron chi connectivity index (χ2n) is 3.57. The van der Waals surface area contributed by atoms with E-state index in [1.807, 2.05) is 30.3 Å². The molecule has 4 nitrogen and oxygen atoms in total. The summed E-state index contributed by atoms with van der Waals surface area (Å²) in [6.07, 6.45) is 0. The standard InChI is InChI=1S/C11H15N3OS/c12-11(15)14(9-4-2-1-3-5-9)10-8-13-6-7-16-10/h1-5,10,13H,6-8H2,(H2,12,15). The number of nitrogens with one attached hydrogen (secondary N) is 1. The molecule has 1 saturated heterocycles. The molecule has 5 heteroatoms. The third kappa shape index (κ3) is 2.48. The fraction of sp³-hybridized carbons (Fsp3) is 0.364. The van der Waals surface area contributed by atoms with E-state index in [1.165, 1.54) is 0 Å². The quantitative estimate of drug-likeness (QED) is 0.813. The van der Waals surface area contributed by atoms with Crippen LogP contribution in [-0.2, 0) is 0 Å². The van der Waals surface area contributed by atoms with Crippen LogP contribution in [0, 0.1) is 0 Å². The predicted octanol–water partition coefficient (Wildman–Crippen LogP) is 1.23.